The average Bonchev–Trinajstić information content (AvgIpc) is 2.41. The maximum atomic E-state index is 11.7. The standard InChI is InChI=1S/C14H23N5O2S/c1-7-6-22-13(18-8-3-2-4-8)9(11(15)20)5-17-14(22)19-10(7)12(16)21/h5,7-8,10,12,18,21H,2-4,6,16H2,1H3,(H2,15,20)(H,17,19)/t7?,10-,12?,22?/m1/s1. The number of hydrogen-bond acceptors (Lipinski definition) is 6. The third kappa shape index (κ3) is 2.83. The molecule has 1 saturated carbocycles. The highest BCUT2D eigenvalue weighted by Gasteiger charge is 2.34. The number of aliphatic hydroxyl groups is 1. The van der Waals surface area contributed by atoms with Gasteiger partial charge >= 0.3 is 0 Å². The largest absolute Gasteiger partial charge is 0.377 e. The molecule has 0 bridgehead atoms. The van der Waals surface area contributed by atoms with Crippen LogP contribution in [0.4, 0.5) is 0 Å². The highest BCUT2D eigenvalue weighted by atomic mass is 32.2. The number of nitrogens with one attached hydrogen (secondary N) is 2. The first-order valence-corrected chi connectivity index (χ1v) is 8.99. The van der Waals surface area contributed by atoms with Crippen molar-refractivity contribution < 1.29 is 9.90 Å². The van der Waals surface area contributed by atoms with Crippen molar-refractivity contribution in [3.63, 3.8) is 0 Å². The minimum absolute atomic E-state index is 0.174. The molecule has 2 aliphatic heterocycles. The first-order valence-electron chi connectivity index (χ1n) is 7.60. The van der Waals surface area contributed by atoms with E-state index in [1.165, 1.54) is 12.6 Å². The molecule has 1 aliphatic carbocycles. The molecule has 0 radical (unpaired) electrons. The van der Waals surface area contributed by atoms with Crippen molar-refractivity contribution in [3.8, 4) is 0 Å². The van der Waals surface area contributed by atoms with Gasteiger partial charge in [0.1, 0.15) is 11.3 Å². The van der Waals surface area contributed by atoms with E-state index in [1.54, 1.807) is 0 Å². The monoisotopic (exact) mass is 325 g/mol. The summed E-state index contributed by atoms with van der Waals surface area (Å²) in [5.74, 6) is 0.517. The maximum Gasteiger partial charge on any atom is 0.252 e. The Labute approximate surface area is 132 Å². The normalized spacial score (nSPS) is 33.2. The minimum atomic E-state index is -0.937. The van der Waals surface area contributed by atoms with Gasteiger partial charge in [-0.05, 0) is 25.2 Å². The molecule has 4 atom stereocenters. The van der Waals surface area contributed by atoms with Crippen LogP contribution in [0.15, 0.2) is 15.6 Å². The molecule has 0 spiro atoms. The van der Waals surface area contributed by atoms with E-state index in [0.29, 0.717) is 11.6 Å². The van der Waals surface area contributed by atoms with E-state index >= 15 is 0 Å². The summed E-state index contributed by atoms with van der Waals surface area (Å²) in [6.45, 7) is 2.04. The van der Waals surface area contributed by atoms with E-state index in [2.05, 4.69) is 15.6 Å². The van der Waals surface area contributed by atoms with Crippen molar-refractivity contribution in [1.29, 1.82) is 0 Å². The number of carbonyl (C=O) groups excluding carboxylic acids is 1. The Kier molecular flexibility index (Phi) is 4.35. The number of primary amides is 1. The van der Waals surface area contributed by atoms with Crippen LogP contribution in [-0.4, -0.2) is 46.4 Å². The first kappa shape index (κ1) is 15.7. The van der Waals surface area contributed by atoms with Crippen LogP contribution in [-0.2, 0) is 4.79 Å². The fraction of sp³-hybridized carbons (Fsp3) is 0.643. The molecule has 3 aliphatic rings. The fourth-order valence-electron chi connectivity index (χ4n) is 2.88. The summed E-state index contributed by atoms with van der Waals surface area (Å²) in [5.41, 5.74) is 11.6. The molecule has 22 heavy (non-hydrogen) atoms. The highest BCUT2D eigenvalue weighted by Crippen LogP contribution is 2.37. The number of amides is 1. The van der Waals surface area contributed by atoms with E-state index in [9.17, 15) is 9.90 Å². The second-order valence-corrected chi connectivity index (χ2v) is 8.05. The average molecular weight is 325 g/mol. The van der Waals surface area contributed by atoms with Gasteiger partial charge in [0.2, 0.25) is 0 Å². The number of hydrogen-bond donors (Lipinski definition) is 5. The Morgan fingerprint density at radius 1 is 1.59 bits per heavy atom. The molecule has 2 heterocycles. The highest BCUT2D eigenvalue weighted by molar-refractivity contribution is 8.19. The third-order valence-corrected chi connectivity index (χ3v) is 6.82. The molecule has 1 fully saturated rings. The first-order chi connectivity index (χ1) is 10.5. The van der Waals surface area contributed by atoms with Crippen LogP contribution in [0.3, 0.4) is 0 Å². The second-order valence-electron chi connectivity index (χ2n) is 6.14. The molecule has 1 amide bonds. The van der Waals surface area contributed by atoms with Crippen molar-refractivity contribution >= 4 is 27.7 Å². The summed E-state index contributed by atoms with van der Waals surface area (Å²) in [4.78, 5) is 16.1. The Morgan fingerprint density at radius 3 is 2.86 bits per heavy atom. The predicted molar refractivity (Wildman–Crippen MR) is 89.2 cm³/mol. The van der Waals surface area contributed by atoms with E-state index < -0.39 is 12.1 Å². The minimum Gasteiger partial charge on any atom is -0.377 e. The quantitative estimate of drug-likeness (QED) is 0.340. The molecule has 3 unspecified atom stereocenters. The van der Waals surface area contributed by atoms with Gasteiger partial charge in [0, 0.05) is 18.0 Å². The maximum absolute atomic E-state index is 11.7. The van der Waals surface area contributed by atoms with Crippen LogP contribution in [0.1, 0.15) is 26.2 Å². The summed E-state index contributed by atoms with van der Waals surface area (Å²) in [7, 11) is -0.338. The smallest absolute Gasteiger partial charge is 0.252 e. The molecular formula is C14H23N5O2S. The van der Waals surface area contributed by atoms with Crippen molar-refractivity contribution in [2.75, 3.05) is 5.75 Å². The SMILES string of the molecule is CC1CS2=C(N=CC(C(N)=O)=C2NC2CCC2)N[C@H]1C(N)O. The summed E-state index contributed by atoms with van der Waals surface area (Å²) in [6, 6.07) is 0.189. The molecule has 3 rings (SSSR count). The molecule has 7 N–H and O–H groups in total. The second kappa shape index (κ2) is 6.11. The van der Waals surface area contributed by atoms with Crippen molar-refractivity contribution in [2.45, 2.75) is 44.5 Å². The van der Waals surface area contributed by atoms with Gasteiger partial charge in [0.15, 0.2) is 0 Å². The zero-order valence-electron chi connectivity index (χ0n) is 12.6. The lowest BCUT2D eigenvalue weighted by atomic mass is 9.93. The van der Waals surface area contributed by atoms with Gasteiger partial charge in [-0.1, -0.05) is 6.92 Å². The lowest BCUT2D eigenvalue weighted by Gasteiger charge is -2.38. The van der Waals surface area contributed by atoms with Crippen LogP contribution in [0.5, 0.6) is 0 Å². The van der Waals surface area contributed by atoms with Crippen LogP contribution in [0.25, 0.3) is 0 Å². The Balaban J connectivity index is 1.94. The lowest BCUT2D eigenvalue weighted by Crippen LogP contribution is -2.55. The molecular weight excluding hydrogens is 302 g/mol. The summed E-state index contributed by atoms with van der Waals surface area (Å²) >= 11 is 0. The van der Waals surface area contributed by atoms with Gasteiger partial charge in [0.05, 0.1) is 16.6 Å². The number of carbonyl (C=O) groups is 1. The van der Waals surface area contributed by atoms with E-state index in [-0.39, 0.29) is 22.4 Å². The summed E-state index contributed by atoms with van der Waals surface area (Å²) in [6.07, 6.45) is 4.03. The van der Waals surface area contributed by atoms with Gasteiger partial charge in [-0.15, -0.1) is 10.5 Å². The number of rotatable bonds is 4. The molecule has 7 nitrogen and oxygen atoms in total. The number of aliphatic imine (C=N–C) groups is 1. The number of nitrogens with zero attached hydrogens (tertiary/aromatic N) is 1. The van der Waals surface area contributed by atoms with Crippen LogP contribution in [0.2, 0.25) is 0 Å². The van der Waals surface area contributed by atoms with E-state index in [0.717, 1.165) is 28.7 Å². The lowest BCUT2D eigenvalue weighted by molar-refractivity contribution is -0.114. The molecule has 0 saturated heterocycles. The van der Waals surface area contributed by atoms with Gasteiger partial charge in [0.25, 0.3) is 5.91 Å². The third-order valence-electron chi connectivity index (χ3n) is 4.44. The molecule has 122 valence electrons. The Hall–Kier alpha value is -1.22. The van der Waals surface area contributed by atoms with Crippen LogP contribution < -0.4 is 22.1 Å². The fourth-order valence-corrected chi connectivity index (χ4v) is 5.32. The Bertz CT molecular complexity index is 580. The van der Waals surface area contributed by atoms with Crippen molar-refractivity contribution in [1.82, 2.24) is 10.6 Å². The zero-order valence-corrected chi connectivity index (χ0v) is 13.4. The predicted octanol–water partition coefficient (Wildman–Crippen LogP) is -0.849. The molecule has 0 aromatic rings. The van der Waals surface area contributed by atoms with Crippen molar-refractivity contribution in [2.24, 2.45) is 22.4 Å². The molecule has 0 aromatic heterocycles. The van der Waals surface area contributed by atoms with Gasteiger partial charge in [-0.3, -0.25) is 10.1 Å². The summed E-state index contributed by atoms with van der Waals surface area (Å²) < 4.78 is 0. The molecule has 0 aromatic carbocycles. The van der Waals surface area contributed by atoms with Crippen molar-refractivity contribution in [3.05, 3.63) is 10.6 Å². The number of nitrogens with two attached hydrogens (primary N) is 2. The van der Waals surface area contributed by atoms with E-state index in [4.69, 9.17) is 11.5 Å². The van der Waals surface area contributed by atoms with Gasteiger partial charge < -0.3 is 21.9 Å². The van der Waals surface area contributed by atoms with Crippen LogP contribution in [0, 0.1) is 5.92 Å². The zero-order chi connectivity index (χ0) is 15.9. The van der Waals surface area contributed by atoms with Gasteiger partial charge in [-0.25, -0.2) is 4.99 Å². The van der Waals surface area contributed by atoms with E-state index in [1.807, 2.05) is 6.92 Å². The van der Waals surface area contributed by atoms with Gasteiger partial charge in [-0.2, -0.15) is 0 Å². The topological polar surface area (TPSA) is 126 Å². The Morgan fingerprint density at radius 2 is 2.32 bits per heavy atom. The molecule has 8 heteroatoms. The summed E-state index contributed by atoms with van der Waals surface area (Å²) in [5, 5.41) is 18.1. The van der Waals surface area contributed by atoms with Crippen LogP contribution >= 0.6 is 10.5 Å². The number of aliphatic hydroxyl groups excluding tert-OH is 1.